The van der Waals surface area contributed by atoms with Gasteiger partial charge in [-0.15, -0.1) is 0 Å². The minimum atomic E-state index is -0.180. The summed E-state index contributed by atoms with van der Waals surface area (Å²) in [5.41, 5.74) is 4.38. The van der Waals surface area contributed by atoms with E-state index in [-0.39, 0.29) is 5.91 Å². The predicted octanol–water partition coefficient (Wildman–Crippen LogP) is 5.44. The van der Waals surface area contributed by atoms with Crippen molar-refractivity contribution in [2.75, 3.05) is 4.90 Å². The number of pyridine rings is 1. The number of halogens is 1. The molecular formula is C23H16ClN5OS. The third-order valence-electron chi connectivity index (χ3n) is 4.98. The van der Waals surface area contributed by atoms with Gasteiger partial charge in [-0.05, 0) is 55.0 Å². The van der Waals surface area contributed by atoms with Gasteiger partial charge in [-0.2, -0.15) is 0 Å². The van der Waals surface area contributed by atoms with Crippen LogP contribution < -0.4 is 4.90 Å². The lowest BCUT2D eigenvalue weighted by molar-refractivity contribution is 0.0985. The number of nitrogens with zero attached hydrogens (tertiary/aromatic N) is 5. The third-order valence-corrected chi connectivity index (χ3v) is 6.43. The van der Waals surface area contributed by atoms with Crippen molar-refractivity contribution in [1.29, 1.82) is 0 Å². The van der Waals surface area contributed by atoms with Gasteiger partial charge >= 0.3 is 0 Å². The van der Waals surface area contributed by atoms with Crippen LogP contribution in [0.1, 0.15) is 21.6 Å². The van der Waals surface area contributed by atoms with Gasteiger partial charge in [0, 0.05) is 29.2 Å². The number of hydrogen-bond donors (Lipinski definition) is 0. The Hall–Kier alpha value is -3.42. The monoisotopic (exact) mass is 445 g/mol. The first kappa shape index (κ1) is 19.5. The minimum Gasteiger partial charge on any atom is -0.278 e. The fourth-order valence-electron chi connectivity index (χ4n) is 3.34. The first-order valence-electron chi connectivity index (χ1n) is 9.58. The van der Waals surface area contributed by atoms with Gasteiger partial charge in [-0.25, -0.2) is 4.98 Å². The quantitative estimate of drug-likeness (QED) is 0.368. The topological polar surface area (TPSA) is 71.9 Å². The Morgan fingerprint density at radius 2 is 1.84 bits per heavy atom. The maximum Gasteiger partial charge on any atom is 0.260 e. The van der Waals surface area contributed by atoms with Crippen molar-refractivity contribution in [1.82, 2.24) is 19.9 Å². The summed E-state index contributed by atoms with van der Waals surface area (Å²) in [6, 6.07) is 14.7. The van der Waals surface area contributed by atoms with E-state index in [2.05, 4.69) is 15.0 Å². The van der Waals surface area contributed by atoms with Crippen LogP contribution in [0.3, 0.4) is 0 Å². The fourth-order valence-corrected chi connectivity index (χ4v) is 4.51. The molecule has 0 saturated carbocycles. The van der Waals surface area contributed by atoms with Gasteiger partial charge in [-0.1, -0.05) is 29.0 Å². The molecule has 3 aromatic heterocycles. The number of fused-ring (bicyclic) bond motifs is 2. The van der Waals surface area contributed by atoms with Crippen LogP contribution in [0.2, 0.25) is 5.02 Å². The van der Waals surface area contributed by atoms with Crippen molar-refractivity contribution < 1.29 is 4.79 Å². The van der Waals surface area contributed by atoms with Gasteiger partial charge in [0.25, 0.3) is 5.91 Å². The number of carbonyl (C=O) groups is 1. The molecule has 3 heterocycles. The van der Waals surface area contributed by atoms with Crippen LogP contribution in [0.5, 0.6) is 0 Å². The number of rotatable bonds is 4. The zero-order valence-electron chi connectivity index (χ0n) is 16.5. The zero-order chi connectivity index (χ0) is 21.4. The van der Waals surface area contributed by atoms with Crippen LogP contribution >= 0.6 is 22.9 Å². The smallest absolute Gasteiger partial charge is 0.260 e. The normalized spacial score (nSPS) is 11.2. The molecule has 0 aliphatic rings. The average Bonchev–Trinajstić information content (AvgIpc) is 3.25. The summed E-state index contributed by atoms with van der Waals surface area (Å²) in [7, 11) is 0. The Morgan fingerprint density at radius 3 is 2.65 bits per heavy atom. The summed E-state index contributed by atoms with van der Waals surface area (Å²) < 4.78 is 0.972. The van der Waals surface area contributed by atoms with Gasteiger partial charge in [0.05, 0.1) is 33.5 Å². The number of benzene rings is 2. The second-order valence-corrected chi connectivity index (χ2v) is 8.40. The van der Waals surface area contributed by atoms with E-state index < -0.39 is 0 Å². The molecule has 2 aromatic carbocycles. The van der Waals surface area contributed by atoms with Gasteiger partial charge in [-0.3, -0.25) is 24.6 Å². The van der Waals surface area contributed by atoms with E-state index in [0.717, 1.165) is 27.0 Å². The first-order valence-corrected chi connectivity index (χ1v) is 10.8. The maximum absolute atomic E-state index is 13.6. The predicted molar refractivity (Wildman–Crippen MR) is 124 cm³/mol. The molecule has 0 aliphatic carbocycles. The van der Waals surface area contributed by atoms with Crippen molar-refractivity contribution in [3.8, 4) is 0 Å². The van der Waals surface area contributed by atoms with E-state index in [1.165, 1.54) is 11.3 Å². The van der Waals surface area contributed by atoms with Crippen molar-refractivity contribution in [3.05, 3.63) is 89.0 Å². The largest absolute Gasteiger partial charge is 0.278 e. The molecule has 8 heteroatoms. The SMILES string of the molecule is Cc1c(Cl)ccc2sc(N(Cc3ccccn3)C(=O)c3ccc4nccnc4c3)nc12. The molecule has 0 radical (unpaired) electrons. The standard InChI is InChI=1S/C23H16ClN5OS/c1-14-17(24)6-8-20-21(14)28-23(31-20)29(13-16-4-2-3-9-25-16)22(30)15-5-7-18-19(12-15)27-11-10-26-18/h2-12H,13H2,1H3. The molecule has 0 unspecified atom stereocenters. The van der Waals surface area contributed by atoms with Crippen molar-refractivity contribution >= 4 is 55.2 Å². The van der Waals surface area contributed by atoms with Gasteiger partial charge < -0.3 is 0 Å². The van der Waals surface area contributed by atoms with Crippen LogP contribution in [0, 0.1) is 6.92 Å². The molecule has 0 N–H and O–H groups in total. The molecule has 0 fully saturated rings. The Labute approximate surface area is 187 Å². The lowest BCUT2D eigenvalue weighted by Crippen LogP contribution is -2.30. The molecule has 6 nitrogen and oxygen atoms in total. The highest BCUT2D eigenvalue weighted by molar-refractivity contribution is 7.22. The number of aryl methyl sites for hydroxylation is 1. The molecule has 0 atom stereocenters. The van der Waals surface area contributed by atoms with E-state index in [0.29, 0.717) is 27.8 Å². The number of carbonyl (C=O) groups excluding carboxylic acids is 1. The Balaban J connectivity index is 1.61. The summed E-state index contributed by atoms with van der Waals surface area (Å²) in [6.45, 7) is 2.23. The van der Waals surface area contributed by atoms with Gasteiger partial charge in [0.15, 0.2) is 5.13 Å². The highest BCUT2D eigenvalue weighted by Crippen LogP contribution is 2.34. The molecule has 0 aliphatic heterocycles. The van der Waals surface area contributed by atoms with Gasteiger partial charge in [0.1, 0.15) is 0 Å². The van der Waals surface area contributed by atoms with Crippen molar-refractivity contribution in [3.63, 3.8) is 0 Å². The van der Waals surface area contributed by atoms with E-state index >= 15 is 0 Å². The second kappa shape index (κ2) is 8.02. The summed E-state index contributed by atoms with van der Waals surface area (Å²) in [4.78, 5) is 33.0. The summed E-state index contributed by atoms with van der Waals surface area (Å²) in [5, 5.41) is 1.25. The third kappa shape index (κ3) is 3.73. The maximum atomic E-state index is 13.6. The number of anilines is 1. The zero-order valence-corrected chi connectivity index (χ0v) is 18.1. The van der Waals surface area contributed by atoms with Crippen LogP contribution in [0.15, 0.2) is 67.1 Å². The number of hydrogen-bond acceptors (Lipinski definition) is 6. The molecule has 0 bridgehead atoms. The lowest BCUT2D eigenvalue weighted by Gasteiger charge is -2.19. The van der Waals surface area contributed by atoms with Crippen LogP contribution in [-0.2, 0) is 6.54 Å². The number of thiazole rings is 1. The van der Waals surface area contributed by atoms with Crippen molar-refractivity contribution in [2.24, 2.45) is 0 Å². The Kier molecular flexibility index (Phi) is 5.05. The summed E-state index contributed by atoms with van der Waals surface area (Å²) in [6.07, 6.45) is 4.96. The molecule has 5 rings (SSSR count). The van der Waals surface area contributed by atoms with Gasteiger partial charge in [0.2, 0.25) is 0 Å². The molecule has 0 spiro atoms. The van der Waals surface area contributed by atoms with Crippen LogP contribution in [0.4, 0.5) is 5.13 Å². The number of amides is 1. The highest BCUT2D eigenvalue weighted by Gasteiger charge is 2.23. The fraction of sp³-hybridized carbons (Fsp3) is 0.0870. The van der Waals surface area contributed by atoms with E-state index in [1.54, 1.807) is 41.7 Å². The Morgan fingerprint density at radius 1 is 1.00 bits per heavy atom. The van der Waals surface area contributed by atoms with E-state index in [1.807, 2.05) is 37.3 Å². The molecule has 31 heavy (non-hydrogen) atoms. The van der Waals surface area contributed by atoms with E-state index in [9.17, 15) is 4.79 Å². The number of aromatic nitrogens is 4. The minimum absolute atomic E-state index is 0.180. The highest BCUT2D eigenvalue weighted by atomic mass is 35.5. The summed E-state index contributed by atoms with van der Waals surface area (Å²) >= 11 is 7.74. The Bertz CT molecular complexity index is 1420. The molecule has 0 saturated heterocycles. The lowest BCUT2D eigenvalue weighted by atomic mass is 10.1. The first-order chi connectivity index (χ1) is 15.1. The molecular weight excluding hydrogens is 430 g/mol. The molecule has 1 amide bonds. The molecule has 5 aromatic rings. The summed E-state index contributed by atoms with van der Waals surface area (Å²) in [5.74, 6) is -0.180. The average molecular weight is 446 g/mol. The van der Waals surface area contributed by atoms with Crippen LogP contribution in [-0.4, -0.2) is 25.8 Å². The second-order valence-electron chi connectivity index (χ2n) is 6.99. The van der Waals surface area contributed by atoms with E-state index in [4.69, 9.17) is 16.6 Å². The van der Waals surface area contributed by atoms with Crippen LogP contribution in [0.25, 0.3) is 21.3 Å². The molecule has 152 valence electrons. The van der Waals surface area contributed by atoms with Crippen molar-refractivity contribution in [2.45, 2.75) is 13.5 Å².